The maximum absolute atomic E-state index is 13.3. The summed E-state index contributed by atoms with van der Waals surface area (Å²) in [5, 5.41) is 2.20. The van der Waals surface area contributed by atoms with E-state index in [0.29, 0.717) is 0 Å². The summed E-state index contributed by atoms with van der Waals surface area (Å²) in [7, 11) is 0. The molecule has 2 aromatic rings. The highest BCUT2D eigenvalue weighted by atomic mass is 19.4. The Balaban J connectivity index is 2.23. The Morgan fingerprint density at radius 1 is 1.20 bits per heavy atom. The number of hydrogen-bond acceptors (Lipinski definition) is 2. The van der Waals surface area contributed by atoms with Gasteiger partial charge in [0.15, 0.2) is 5.82 Å². The predicted octanol–water partition coefficient (Wildman–Crippen LogP) is 3.49. The Morgan fingerprint density at radius 2 is 1.95 bits per heavy atom. The second kappa shape index (κ2) is 5.28. The highest BCUT2D eigenvalue weighted by molar-refractivity contribution is 6.04. The van der Waals surface area contributed by atoms with E-state index in [-0.39, 0.29) is 11.3 Å². The van der Waals surface area contributed by atoms with Gasteiger partial charge in [-0.1, -0.05) is 6.07 Å². The van der Waals surface area contributed by atoms with Gasteiger partial charge in [-0.2, -0.15) is 13.2 Å². The Kier molecular flexibility index (Phi) is 3.69. The summed E-state index contributed by atoms with van der Waals surface area (Å²) in [5.74, 6) is -1.69. The molecule has 104 valence electrons. The van der Waals surface area contributed by atoms with Gasteiger partial charge in [0.25, 0.3) is 5.91 Å². The number of carbonyl (C=O) groups excluding carboxylic acids is 1. The fourth-order valence-electron chi connectivity index (χ4n) is 1.53. The monoisotopic (exact) mass is 284 g/mol. The number of carbonyl (C=O) groups is 1. The highest BCUT2D eigenvalue weighted by Gasteiger charge is 2.30. The van der Waals surface area contributed by atoms with Gasteiger partial charge in [0.1, 0.15) is 0 Å². The molecule has 0 unspecified atom stereocenters. The van der Waals surface area contributed by atoms with Crippen LogP contribution in [0.25, 0.3) is 0 Å². The Bertz CT molecular complexity index is 640. The first-order valence-electron chi connectivity index (χ1n) is 5.46. The topological polar surface area (TPSA) is 42.0 Å². The molecule has 0 atom stereocenters. The number of halogens is 4. The summed E-state index contributed by atoms with van der Waals surface area (Å²) in [4.78, 5) is 15.2. The van der Waals surface area contributed by atoms with Crippen LogP contribution in [0.15, 0.2) is 42.7 Å². The van der Waals surface area contributed by atoms with Crippen molar-refractivity contribution in [3.8, 4) is 0 Å². The molecule has 0 aliphatic rings. The fraction of sp³-hybridized carbons (Fsp3) is 0.0769. The number of anilines is 1. The smallest absolute Gasteiger partial charge is 0.322 e. The van der Waals surface area contributed by atoms with Crippen molar-refractivity contribution in [2.45, 2.75) is 6.18 Å². The SMILES string of the molecule is O=C(Nc1cccc(C(F)(F)F)c1)c1ccncc1F. The van der Waals surface area contributed by atoms with Crippen molar-refractivity contribution in [3.63, 3.8) is 0 Å². The Morgan fingerprint density at radius 3 is 2.60 bits per heavy atom. The quantitative estimate of drug-likeness (QED) is 0.858. The van der Waals surface area contributed by atoms with Crippen LogP contribution in [0.5, 0.6) is 0 Å². The van der Waals surface area contributed by atoms with E-state index in [0.717, 1.165) is 30.5 Å². The van der Waals surface area contributed by atoms with Gasteiger partial charge < -0.3 is 5.32 Å². The molecule has 1 N–H and O–H groups in total. The van der Waals surface area contributed by atoms with Gasteiger partial charge in [0.2, 0.25) is 0 Å². The minimum absolute atomic E-state index is 0.0685. The Hall–Kier alpha value is -2.44. The van der Waals surface area contributed by atoms with Crippen LogP contribution < -0.4 is 5.32 Å². The zero-order valence-corrected chi connectivity index (χ0v) is 9.91. The number of amides is 1. The second-order valence-corrected chi connectivity index (χ2v) is 3.89. The van der Waals surface area contributed by atoms with Gasteiger partial charge >= 0.3 is 6.18 Å². The highest BCUT2D eigenvalue weighted by Crippen LogP contribution is 2.30. The standard InChI is InChI=1S/C13H8F4N2O/c14-11-7-18-5-4-10(11)12(20)19-9-3-1-2-8(6-9)13(15,16)17/h1-7H,(H,19,20). The van der Waals surface area contributed by atoms with Gasteiger partial charge in [0.05, 0.1) is 17.3 Å². The molecule has 0 aliphatic carbocycles. The molecule has 0 spiro atoms. The summed E-state index contributed by atoms with van der Waals surface area (Å²) < 4.78 is 50.8. The molecule has 1 heterocycles. The summed E-state index contributed by atoms with van der Waals surface area (Å²) in [6.45, 7) is 0. The second-order valence-electron chi connectivity index (χ2n) is 3.89. The largest absolute Gasteiger partial charge is 0.416 e. The maximum atomic E-state index is 13.3. The third-order valence-electron chi connectivity index (χ3n) is 2.46. The van der Waals surface area contributed by atoms with E-state index in [9.17, 15) is 22.4 Å². The van der Waals surface area contributed by atoms with Crippen LogP contribution in [0.2, 0.25) is 0 Å². The predicted molar refractivity (Wildman–Crippen MR) is 63.6 cm³/mol. The molecule has 0 radical (unpaired) electrons. The van der Waals surface area contributed by atoms with Crippen molar-refractivity contribution < 1.29 is 22.4 Å². The lowest BCUT2D eigenvalue weighted by molar-refractivity contribution is -0.137. The number of benzene rings is 1. The number of pyridine rings is 1. The number of nitrogens with one attached hydrogen (secondary N) is 1. The number of hydrogen-bond donors (Lipinski definition) is 1. The summed E-state index contributed by atoms with van der Waals surface area (Å²) in [6.07, 6.45) is -2.45. The maximum Gasteiger partial charge on any atom is 0.416 e. The molecule has 3 nitrogen and oxygen atoms in total. The van der Waals surface area contributed by atoms with Gasteiger partial charge in [-0.15, -0.1) is 0 Å². The van der Waals surface area contributed by atoms with Crippen LogP contribution in [0.3, 0.4) is 0 Å². The first kappa shape index (κ1) is 14.0. The molecule has 0 bridgehead atoms. The average Bonchev–Trinajstić information content (AvgIpc) is 2.38. The summed E-state index contributed by atoms with van der Waals surface area (Å²) in [5.41, 5.74) is -1.26. The van der Waals surface area contributed by atoms with E-state index in [1.165, 1.54) is 12.3 Å². The van der Waals surface area contributed by atoms with Crippen LogP contribution in [0.1, 0.15) is 15.9 Å². The summed E-state index contributed by atoms with van der Waals surface area (Å²) >= 11 is 0. The van der Waals surface area contributed by atoms with E-state index in [2.05, 4.69) is 10.3 Å². The normalized spacial score (nSPS) is 11.2. The van der Waals surface area contributed by atoms with Crippen LogP contribution in [0, 0.1) is 5.82 Å². The molecule has 0 aliphatic heterocycles. The number of alkyl halides is 3. The fourth-order valence-corrected chi connectivity index (χ4v) is 1.53. The molecule has 1 aromatic heterocycles. The van der Waals surface area contributed by atoms with E-state index in [1.54, 1.807) is 0 Å². The van der Waals surface area contributed by atoms with Gasteiger partial charge in [-0.3, -0.25) is 9.78 Å². The van der Waals surface area contributed by atoms with Crippen molar-refractivity contribution in [1.29, 1.82) is 0 Å². The third-order valence-corrected chi connectivity index (χ3v) is 2.46. The molecule has 0 saturated heterocycles. The van der Waals surface area contributed by atoms with Crippen LogP contribution in [0.4, 0.5) is 23.2 Å². The van der Waals surface area contributed by atoms with Crippen molar-refractivity contribution in [2.75, 3.05) is 5.32 Å². The van der Waals surface area contributed by atoms with Crippen LogP contribution in [-0.2, 0) is 6.18 Å². The van der Waals surface area contributed by atoms with Gasteiger partial charge in [0, 0.05) is 11.9 Å². The molecule has 1 amide bonds. The average molecular weight is 284 g/mol. The third kappa shape index (κ3) is 3.11. The van der Waals surface area contributed by atoms with Crippen LogP contribution >= 0.6 is 0 Å². The molecule has 0 saturated carbocycles. The molecule has 1 aromatic carbocycles. The zero-order valence-electron chi connectivity index (χ0n) is 9.91. The van der Waals surface area contributed by atoms with E-state index in [4.69, 9.17) is 0 Å². The zero-order chi connectivity index (χ0) is 14.8. The number of nitrogens with zero attached hydrogens (tertiary/aromatic N) is 1. The molecular weight excluding hydrogens is 276 g/mol. The van der Waals surface area contributed by atoms with E-state index in [1.807, 2.05) is 0 Å². The molecular formula is C13H8F4N2O. The first-order valence-corrected chi connectivity index (χ1v) is 5.46. The Labute approximate surface area is 111 Å². The summed E-state index contributed by atoms with van der Waals surface area (Å²) in [6, 6.07) is 5.23. The van der Waals surface area contributed by atoms with Crippen molar-refractivity contribution in [1.82, 2.24) is 4.98 Å². The minimum atomic E-state index is -4.51. The minimum Gasteiger partial charge on any atom is -0.322 e. The molecule has 20 heavy (non-hydrogen) atoms. The van der Waals surface area contributed by atoms with E-state index < -0.39 is 23.5 Å². The lowest BCUT2D eigenvalue weighted by atomic mass is 10.2. The van der Waals surface area contributed by atoms with Crippen LogP contribution in [-0.4, -0.2) is 10.9 Å². The van der Waals surface area contributed by atoms with Crippen molar-refractivity contribution >= 4 is 11.6 Å². The lowest BCUT2D eigenvalue weighted by Crippen LogP contribution is -2.14. The lowest BCUT2D eigenvalue weighted by Gasteiger charge is -2.10. The number of rotatable bonds is 2. The van der Waals surface area contributed by atoms with E-state index >= 15 is 0 Å². The van der Waals surface area contributed by atoms with Crippen molar-refractivity contribution in [2.24, 2.45) is 0 Å². The molecule has 0 fully saturated rings. The number of aromatic nitrogens is 1. The molecule has 7 heteroatoms. The first-order chi connectivity index (χ1) is 9.38. The molecule has 2 rings (SSSR count). The van der Waals surface area contributed by atoms with Gasteiger partial charge in [-0.25, -0.2) is 4.39 Å². The van der Waals surface area contributed by atoms with Gasteiger partial charge in [-0.05, 0) is 24.3 Å². The van der Waals surface area contributed by atoms with Crippen molar-refractivity contribution in [3.05, 3.63) is 59.7 Å².